The third-order valence-electron chi connectivity index (χ3n) is 6.15. The molecule has 1 atom stereocenters. The lowest BCUT2D eigenvalue weighted by Crippen LogP contribution is -2.53. The molecule has 0 saturated heterocycles. The Balaban J connectivity index is 2.04. The number of carbonyl (C=O) groups is 2. The highest BCUT2D eigenvalue weighted by atomic mass is 35.5. The summed E-state index contributed by atoms with van der Waals surface area (Å²) in [5.41, 5.74) is 1.76. The van der Waals surface area contributed by atoms with E-state index in [-0.39, 0.29) is 34.6 Å². The van der Waals surface area contributed by atoms with Gasteiger partial charge in [0.2, 0.25) is 21.8 Å². The highest BCUT2D eigenvalue weighted by molar-refractivity contribution is 7.92. The number of rotatable bonds is 13. The Labute approximate surface area is 240 Å². The molecule has 0 aliphatic carbocycles. The molecule has 3 aromatic carbocycles. The van der Waals surface area contributed by atoms with Crippen molar-refractivity contribution >= 4 is 50.7 Å². The number of benzene rings is 3. The summed E-state index contributed by atoms with van der Waals surface area (Å²) in [6, 6.07) is 22.2. The van der Waals surface area contributed by atoms with Gasteiger partial charge in [0, 0.05) is 24.5 Å². The van der Waals surface area contributed by atoms with Crippen molar-refractivity contribution in [2.45, 2.75) is 38.8 Å². The molecule has 0 radical (unpaired) electrons. The van der Waals surface area contributed by atoms with E-state index in [1.165, 1.54) is 23.1 Å². The van der Waals surface area contributed by atoms with Gasteiger partial charge in [0.1, 0.15) is 12.6 Å². The zero-order chi connectivity index (χ0) is 28.4. The van der Waals surface area contributed by atoms with Crippen molar-refractivity contribution in [3.05, 3.63) is 100 Å². The summed E-state index contributed by atoms with van der Waals surface area (Å²) in [5, 5.41) is 3.36. The van der Waals surface area contributed by atoms with Crippen LogP contribution in [0.15, 0.2) is 78.9 Å². The van der Waals surface area contributed by atoms with Crippen LogP contribution in [0.3, 0.4) is 0 Å². The number of amides is 2. The predicted octanol–water partition coefficient (Wildman–Crippen LogP) is 5.32. The summed E-state index contributed by atoms with van der Waals surface area (Å²) in [6.07, 6.45) is 2.96. The average molecular weight is 591 g/mol. The molecule has 0 bridgehead atoms. The molecule has 0 heterocycles. The van der Waals surface area contributed by atoms with Gasteiger partial charge in [0.05, 0.1) is 17.0 Å². The minimum atomic E-state index is -3.94. The predicted molar refractivity (Wildman–Crippen MR) is 157 cm³/mol. The minimum absolute atomic E-state index is 0.0895. The van der Waals surface area contributed by atoms with Gasteiger partial charge < -0.3 is 10.2 Å². The zero-order valence-corrected chi connectivity index (χ0v) is 24.3. The molecule has 3 aromatic rings. The summed E-state index contributed by atoms with van der Waals surface area (Å²) in [6.45, 7) is 2.06. The Hall–Kier alpha value is -3.07. The molecule has 39 heavy (non-hydrogen) atoms. The number of anilines is 1. The molecule has 208 valence electrons. The zero-order valence-electron chi connectivity index (χ0n) is 22.0. The maximum Gasteiger partial charge on any atom is 0.244 e. The van der Waals surface area contributed by atoms with E-state index in [9.17, 15) is 18.0 Å². The summed E-state index contributed by atoms with van der Waals surface area (Å²) in [4.78, 5) is 29.0. The molecule has 0 spiro atoms. The molecule has 0 aliphatic heterocycles. The first-order chi connectivity index (χ1) is 18.6. The van der Waals surface area contributed by atoms with Crippen LogP contribution in [0.1, 0.15) is 30.9 Å². The molecule has 0 fully saturated rings. The van der Waals surface area contributed by atoms with Crippen LogP contribution >= 0.6 is 23.2 Å². The molecule has 0 unspecified atom stereocenters. The van der Waals surface area contributed by atoms with Crippen LogP contribution in [0.25, 0.3) is 0 Å². The third-order valence-corrected chi connectivity index (χ3v) is 7.83. The number of hydrogen-bond acceptors (Lipinski definition) is 4. The van der Waals surface area contributed by atoms with E-state index in [0.29, 0.717) is 6.54 Å². The van der Waals surface area contributed by atoms with Crippen LogP contribution in [0, 0.1) is 0 Å². The second-order valence-corrected chi connectivity index (χ2v) is 12.0. The van der Waals surface area contributed by atoms with Crippen LogP contribution in [-0.2, 0) is 32.6 Å². The number of nitrogens with zero attached hydrogens (tertiary/aromatic N) is 2. The quantitative estimate of drug-likeness (QED) is 0.273. The topological polar surface area (TPSA) is 86.8 Å². The highest BCUT2D eigenvalue weighted by Gasteiger charge is 2.33. The molecule has 10 heteroatoms. The Morgan fingerprint density at radius 1 is 0.923 bits per heavy atom. The van der Waals surface area contributed by atoms with Crippen molar-refractivity contribution in [1.82, 2.24) is 10.2 Å². The van der Waals surface area contributed by atoms with Gasteiger partial charge >= 0.3 is 0 Å². The SMILES string of the molecule is CCCCNC(=O)[C@@H](Cc1ccccc1)N(Cc1ccccc1)C(=O)CN(c1cc(Cl)ccc1Cl)S(C)(=O)=O. The number of sulfonamides is 1. The Morgan fingerprint density at radius 3 is 2.13 bits per heavy atom. The van der Waals surface area contributed by atoms with Gasteiger partial charge in [-0.3, -0.25) is 13.9 Å². The first-order valence-electron chi connectivity index (χ1n) is 12.7. The van der Waals surface area contributed by atoms with Gasteiger partial charge in [-0.1, -0.05) is 97.2 Å². The smallest absolute Gasteiger partial charge is 0.244 e. The molecular formula is C29H33Cl2N3O4S. The lowest BCUT2D eigenvalue weighted by Gasteiger charge is -2.33. The Kier molecular flexibility index (Phi) is 11.2. The second-order valence-electron chi connectivity index (χ2n) is 9.22. The summed E-state index contributed by atoms with van der Waals surface area (Å²) in [5.74, 6) is -0.852. The fourth-order valence-corrected chi connectivity index (χ4v) is 5.40. The monoisotopic (exact) mass is 589 g/mol. The largest absolute Gasteiger partial charge is 0.354 e. The van der Waals surface area contributed by atoms with E-state index in [1.807, 2.05) is 67.6 Å². The first kappa shape index (κ1) is 30.5. The Bertz CT molecular complexity index is 1360. The van der Waals surface area contributed by atoms with Crippen LogP contribution in [0.5, 0.6) is 0 Å². The van der Waals surface area contributed by atoms with Gasteiger partial charge in [-0.2, -0.15) is 0 Å². The lowest BCUT2D eigenvalue weighted by molar-refractivity contribution is -0.140. The molecule has 0 aromatic heterocycles. The van der Waals surface area contributed by atoms with Gasteiger partial charge in [0.25, 0.3) is 0 Å². The average Bonchev–Trinajstić information content (AvgIpc) is 2.91. The Morgan fingerprint density at radius 2 is 1.54 bits per heavy atom. The standard InChI is InChI=1S/C29H33Cl2N3O4S/c1-3-4-17-32-29(36)27(18-22-11-7-5-8-12-22)33(20-23-13-9-6-10-14-23)28(35)21-34(39(2,37)38)26-19-24(30)15-16-25(26)31/h5-16,19,27H,3-4,17-18,20-21H2,1-2H3,(H,32,36)/t27-/m1/s1. The van der Waals surface area contributed by atoms with Crippen LogP contribution in [0.4, 0.5) is 5.69 Å². The molecule has 1 N–H and O–H groups in total. The number of unbranched alkanes of at least 4 members (excludes halogenated alkanes) is 1. The fourth-order valence-electron chi connectivity index (χ4n) is 4.11. The number of nitrogens with one attached hydrogen (secondary N) is 1. The summed E-state index contributed by atoms with van der Waals surface area (Å²) in [7, 11) is -3.94. The minimum Gasteiger partial charge on any atom is -0.354 e. The van der Waals surface area contributed by atoms with E-state index in [2.05, 4.69) is 5.32 Å². The number of carbonyl (C=O) groups excluding carboxylic acids is 2. The van der Waals surface area contributed by atoms with Crippen LogP contribution in [0.2, 0.25) is 10.0 Å². The van der Waals surface area contributed by atoms with Crippen molar-refractivity contribution in [2.75, 3.05) is 23.7 Å². The van der Waals surface area contributed by atoms with E-state index in [1.54, 1.807) is 0 Å². The third kappa shape index (κ3) is 8.98. The summed E-state index contributed by atoms with van der Waals surface area (Å²) < 4.78 is 26.6. The van der Waals surface area contributed by atoms with Gasteiger partial charge in [-0.15, -0.1) is 0 Å². The van der Waals surface area contributed by atoms with Crippen molar-refractivity contribution in [3.63, 3.8) is 0 Å². The van der Waals surface area contributed by atoms with Crippen molar-refractivity contribution in [2.24, 2.45) is 0 Å². The van der Waals surface area contributed by atoms with E-state index in [0.717, 1.165) is 34.5 Å². The van der Waals surface area contributed by atoms with Crippen LogP contribution in [-0.4, -0.2) is 50.5 Å². The van der Waals surface area contributed by atoms with Crippen molar-refractivity contribution in [3.8, 4) is 0 Å². The van der Waals surface area contributed by atoms with E-state index < -0.39 is 28.5 Å². The van der Waals surface area contributed by atoms with Gasteiger partial charge in [0.15, 0.2) is 0 Å². The maximum absolute atomic E-state index is 14.0. The molecular weight excluding hydrogens is 557 g/mol. The number of halogens is 2. The lowest BCUT2D eigenvalue weighted by atomic mass is 10.0. The molecule has 0 aliphatic rings. The van der Waals surface area contributed by atoms with Crippen molar-refractivity contribution in [1.29, 1.82) is 0 Å². The molecule has 0 saturated carbocycles. The molecule has 3 rings (SSSR count). The van der Waals surface area contributed by atoms with E-state index in [4.69, 9.17) is 23.2 Å². The molecule has 2 amide bonds. The first-order valence-corrected chi connectivity index (χ1v) is 15.3. The van der Waals surface area contributed by atoms with Crippen molar-refractivity contribution < 1.29 is 18.0 Å². The highest BCUT2D eigenvalue weighted by Crippen LogP contribution is 2.31. The maximum atomic E-state index is 14.0. The number of hydrogen-bond donors (Lipinski definition) is 1. The normalized spacial score (nSPS) is 12.0. The fraction of sp³-hybridized carbons (Fsp3) is 0.310. The van der Waals surface area contributed by atoms with Gasteiger partial charge in [-0.05, 0) is 35.7 Å². The summed E-state index contributed by atoms with van der Waals surface area (Å²) >= 11 is 12.5. The second kappa shape index (κ2) is 14.4. The van der Waals surface area contributed by atoms with Crippen LogP contribution < -0.4 is 9.62 Å². The van der Waals surface area contributed by atoms with Gasteiger partial charge in [-0.25, -0.2) is 8.42 Å². The van der Waals surface area contributed by atoms with E-state index >= 15 is 0 Å². The molecule has 7 nitrogen and oxygen atoms in total.